The topological polar surface area (TPSA) is 26.0 Å². The number of fused-ring (bicyclic) bond motifs is 1. The number of benzene rings is 2. The van der Waals surface area contributed by atoms with E-state index in [1.165, 1.54) is 5.56 Å². The summed E-state index contributed by atoms with van der Waals surface area (Å²) in [6.07, 6.45) is 2.13. The van der Waals surface area contributed by atoms with Crippen LogP contribution in [0.5, 0.6) is 0 Å². The van der Waals surface area contributed by atoms with Crippen LogP contribution >= 0.6 is 11.6 Å². The van der Waals surface area contributed by atoms with Gasteiger partial charge in [-0.3, -0.25) is 0 Å². The Hall–Kier alpha value is -1.05. The number of halogens is 1. The fraction of sp³-hybridized carbons (Fsp3) is 0.286. The van der Waals surface area contributed by atoms with Crippen molar-refractivity contribution >= 4 is 22.4 Å². The van der Waals surface area contributed by atoms with E-state index in [4.69, 9.17) is 17.3 Å². The Morgan fingerprint density at radius 3 is 2.81 bits per heavy atom. The van der Waals surface area contributed by atoms with Gasteiger partial charge < -0.3 is 5.73 Å². The lowest BCUT2D eigenvalue weighted by atomic mass is 9.99. The SMILES string of the molecule is CCCC(N)c1ccc2c(Cl)cccc2c1. The fourth-order valence-corrected chi connectivity index (χ4v) is 2.22. The van der Waals surface area contributed by atoms with Gasteiger partial charge in [0.2, 0.25) is 0 Å². The molecule has 0 spiro atoms. The molecule has 0 aliphatic carbocycles. The molecule has 0 fully saturated rings. The average molecular weight is 234 g/mol. The predicted octanol–water partition coefficient (Wildman–Crippen LogP) is 4.29. The minimum atomic E-state index is 0.133. The van der Waals surface area contributed by atoms with E-state index < -0.39 is 0 Å². The zero-order valence-electron chi connectivity index (χ0n) is 9.41. The van der Waals surface area contributed by atoms with Gasteiger partial charge in [-0.05, 0) is 29.5 Å². The van der Waals surface area contributed by atoms with Gasteiger partial charge in [0.05, 0.1) is 0 Å². The van der Waals surface area contributed by atoms with Gasteiger partial charge >= 0.3 is 0 Å². The van der Waals surface area contributed by atoms with E-state index in [2.05, 4.69) is 31.2 Å². The lowest BCUT2D eigenvalue weighted by molar-refractivity contribution is 0.639. The molecule has 16 heavy (non-hydrogen) atoms. The van der Waals surface area contributed by atoms with Gasteiger partial charge in [-0.1, -0.05) is 49.2 Å². The summed E-state index contributed by atoms with van der Waals surface area (Å²) in [7, 11) is 0. The molecular formula is C14H16ClN. The highest BCUT2D eigenvalue weighted by molar-refractivity contribution is 6.35. The molecule has 0 aliphatic rings. The number of hydrogen-bond acceptors (Lipinski definition) is 1. The summed E-state index contributed by atoms with van der Waals surface area (Å²) >= 11 is 6.12. The molecular weight excluding hydrogens is 218 g/mol. The monoisotopic (exact) mass is 233 g/mol. The molecule has 1 atom stereocenters. The molecule has 0 aromatic heterocycles. The summed E-state index contributed by atoms with van der Waals surface area (Å²) in [5.74, 6) is 0. The number of nitrogens with two attached hydrogens (primary N) is 1. The van der Waals surface area contributed by atoms with E-state index in [1.54, 1.807) is 0 Å². The molecule has 1 nitrogen and oxygen atoms in total. The van der Waals surface area contributed by atoms with Crippen LogP contribution in [0.15, 0.2) is 36.4 Å². The Bertz CT molecular complexity index is 493. The van der Waals surface area contributed by atoms with Gasteiger partial charge in [-0.15, -0.1) is 0 Å². The predicted molar refractivity (Wildman–Crippen MR) is 70.8 cm³/mol. The molecule has 2 N–H and O–H groups in total. The minimum absolute atomic E-state index is 0.133. The second-order valence-corrected chi connectivity index (χ2v) is 4.52. The van der Waals surface area contributed by atoms with Gasteiger partial charge in [0.15, 0.2) is 0 Å². The van der Waals surface area contributed by atoms with Gasteiger partial charge in [0.1, 0.15) is 0 Å². The molecule has 2 heteroatoms. The molecule has 0 bridgehead atoms. The first kappa shape index (κ1) is 11.4. The molecule has 0 heterocycles. The lowest BCUT2D eigenvalue weighted by Crippen LogP contribution is -2.09. The van der Waals surface area contributed by atoms with Crippen molar-refractivity contribution in [2.45, 2.75) is 25.8 Å². The Kier molecular flexibility index (Phi) is 3.47. The minimum Gasteiger partial charge on any atom is -0.324 e. The Morgan fingerprint density at radius 1 is 1.25 bits per heavy atom. The molecule has 0 radical (unpaired) electrons. The highest BCUT2D eigenvalue weighted by Gasteiger charge is 2.06. The Labute approximate surface area is 101 Å². The summed E-state index contributed by atoms with van der Waals surface area (Å²) in [4.78, 5) is 0. The third-order valence-corrected chi connectivity index (χ3v) is 3.21. The zero-order chi connectivity index (χ0) is 11.5. The molecule has 84 valence electrons. The Balaban J connectivity index is 2.44. The van der Waals surface area contributed by atoms with Crippen LogP contribution in [0.2, 0.25) is 5.02 Å². The van der Waals surface area contributed by atoms with E-state index in [-0.39, 0.29) is 6.04 Å². The van der Waals surface area contributed by atoms with Crippen molar-refractivity contribution in [3.05, 3.63) is 47.0 Å². The van der Waals surface area contributed by atoms with Crippen molar-refractivity contribution in [3.63, 3.8) is 0 Å². The van der Waals surface area contributed by atoms with Crippen LogP contribution in [0.3, 0.4) is 0 Å². The molecule has 2 aromatic carbocycles. The van der Waals surface area contributed by atoms with E-state index in [1.807, 2.05) is 12.1 Å². The first-order chi connectivity index (χ1) is 7.72. The summed E-state index contributed by atoms with van der Waals surface area (Å²) < 4.78 is 0. The van der Waals surface area contributed by atoms with Crippen molar-refractivity contribution in [3.8, 4) is 0 Å². The zero-order valence-corrected chi connectivity index (χ0v) is 10.2. The van der Waals surface area contributed by atoms with Crippen LogP contribution in [-0.2, 0) is 0 Å². The van der Waals surface area contributed by atoms with Crippen LogP contribution in [-0.4, -0.2) is 0 Å². The van der Waals surface area contributed by atoms with Crippen molar-refractivity contribution in [2.75, 3.05) is 0 Å². The molecule has 2 aromatic rings. The summed E-state index contributed by atoms with van der Waals surface area (Å²) in [5, 5.41) is 3.06. The molecule has 2 rings (SSSR count). The molecule has 0 amide bonds. The first-order valence-electron chi connectivity index (χ1n) is 5.66. The van der Waals surface area contributed by atoms with E-state index in [9.17, 15) is 0 Å². The fourth-order valence-electron chi connectivity index (χ4n) is 1.97. The van der Waals surface area contributed by atoms with Crippen molar-refractivity contribution in [1.29, 1.82) is 0 Å². The van der Waals surface area contributed by atoms with Crippen LogP contribution in [0.25, 0.3) is 10.8 Å². The second-order valence-electron chi connectivity index (χ2n) is 4.12. The van der Waals surface area contributed by atoms with Crippen molar-refractivity contribution in [1.82, 2.24) is 0 Å². The van der Waals surface area contributed by atoms with E-state index >= 15 is 0 Å². The third kappa shape index (κ3) is 2.21. The maximum absolute atomic E-state index is 6.12. The Morgan fingerprint density at radius 2 is 2.06 bits per heavy atom. The summed E-state index contributed by atoms with van der Waals surface area (Å²) in [6, 6.07) is 12.4. The average Bonchev–Trinajstić information content (AvgIpc) is 2.29. The largest absolute Gasteiger partial charge is 0.324 e. The number of rotatable bonds is 3. The first-order valence-corrected chi connectivity index (χ1v) is 6.04. The van der Waals surface area contributed by atoms with Crippen molar-refractivity contribution in [2.24, 2.45) is 5.73 Å². The highest BCUT2D eigenvalue weighted by Crippen LogP contribution is 2.26. The van der Waals surface area contributed by atoms with E-state index in [0.717, 1.165) is 28.6 Å². The van der Waals surface area contributed by atoms with Gasteiger partial charge in [0.25, 0.3) is 0 Å². The van der Waals surface area contributed by atoms with Crippen LogP contribution in [0, 0.1) is 0 Å². The normalized spacial score (nSPS) is 12.9. The lowest BCUT2D eigenvalue weighted by Gasteiger charge is -2.11. The standard InChI is InChI=1S/C14H16ClN/c1-2-4-14(16)11-7-8-12-10(9-11)5-3-6-13(12)15/h3,5-9,14H,2,4,16H2,1H3. The molecule has 0 aliphatic heterocycles. The van der Waals surface area contributed by atoms with E-state index in [0.29, 0.717) is 0 Å². The second kappa shape index (κ2) is 4.86. The molecule has 0 saturated carbocycles. The summed E-state index contributed by atoms with van der Waals surface area (Å²) in [5.41, 5.74) is 7.29. The third-order valence-electron chi connectivity index (χ3n) is 2.88. The summed E-state index contributed by atoms with van der Waals surface area (Å²) in [6.45, 7) is 2.15. The molecule has 1 unspecified atom stereocenters. The maximum atomic E-state index is 6.12. The number of hydrogen-bond donors (Lipinski definition) is 1. The van der Waals surface area contributed by atoms with Gasteiger partial charge in [-0.25, -0.2) is 0 Å². The van der Waals surface area contributed by atoms with Crippen LogP contribution in [0.4, 0.5) is 0 Å². The van der Waals surface area contributed by atoms with Crippen LogP contribution in [0.1, 0.15) is 31.4 Å². The van der Waals surface area contributed by atoms with Crippen LogP contribution < -0.4 is 5.73 Å². The smallest absolute Gasteiger partial charge is 0.0484 e. The maximum Gasteiger partial charge on any atom is 0.0484 e. The quantitative estimate of drug-likeness (QED) is 0.841. The molecule has 0 saturated heterocycles. The highest BCUT2D eigenvalue weighted by atomic mass is 35.5. The van der Waals surface area contributed by atoms with Gasteiger partial charge in [0, 0.05) is 16.5 Å². The van der Waals surface area contributed by atoms with Crippen molar-refractivity contribution < 1.29 is 0 Å². The van der Waals surface area contributed by atoms with Gasteiger partial charge in [-0.2, -0.15) is 0 Å².